The van der Waals surface area contributed by atoms with Crippen molar-refractivity contribution in [3.05, 3.63) is 90.9 Å². The Morgan fingerprint density at radius 3 is 2.27 bits per heavy atom. The summed E-state index contributed by atoms with van der Waals surface area (Å²) in [7, 11) is 0. The van der Waals surface area contributed by atoms with Crippen LogP contribution in [0.15, 0.2) is 85.3 Å². The van der Waals surface area contributed by atoms with Crippen molar-refractivity contribution in [2.45, 2.75) is 44.8 Å². The summed E-state index contributed by atoms with van der Waals surface area (Å²) < 4.78 is 7.51. The third-order valence-electron chi connectivity index (χ3n) is 8.12. The molecule has 0 amide bonds. The molecule has 4 heterocycles. The molecular formula is C35H37N7O2. The van der Waals surface area contributed by atoms with Crippen LogP contribution in [0.1, 0.15) is 39.2 Å². The van der Waals surface area contributed by atoms with Crippen molar-refractivity contribution in [2.24, 2.45) is 0 Å². The van der Waals surface area contributed by atoms with Gasteiger partial charge in [0.2, 0.25) is 0 Å². The molecule has 9 heteroatoms. The van der Waals surface area contributed by atoms with E-state index in [2.05, 4.69) is 52.6 Å². The van der Waals surface area contributed by atoms with Crippen LogP contribution in [0.25, 0.3) is 27.8 Å². The number of nitrogens with zero attached hydrogens (tertiary/aromatic N) is 5. The van der Waals surface area contributed by atoms with Crippen molar-refractivity contribution < 1.29 is 9.84 Å². The molecule has 4 N–H and O–H groups in total. The van der Waals surface area contributed by atoms with E-state index < -0.39 is 5.60 Å². The molecule has 1 fully saturated rings. The largest absolute Gasteiger partial charge is 0.489 e. The summed E-state index contributed by atoms with van der Waals surface area (Å²) in [6.45, 7) is 7.55. The van der Waals surface area contributed by atoms with Crippen LogP contribution < -0.4 is 20.7 Å². The number of nitrogen functional groups attached to an aromatic ring is 1. The van der Waals surface area contributed by atoms with E-state index in [1.165, 1.54) is 0 Å². The summed E-state index contributed by atoms with van der Waals surface area (Å²) in [6.07, 6.45) is 7.05. The molecule has 0 saturated carbocycles. The van der Waals surface area contributed by atoms with E-state index in [0.29, 0.717) is 16.8 Å². The van der Waals surface area contributed by atoms with Gasteiger partial charge in [0, 0.05) is 47.3 Å². The summed E-state index contributed by atoms with van der Waals surface area (Å²) >= 11 is 0. The van der Waals surface area contributed by atoms with Gasteiger partial charge in [-0.15, -0.1) is 0 Å². The number of hydrogen-bond acceptors (Lipinski definition) is 8. The highest BCUT2D eigenvalue weighted by Gasteiger charge is 2.30. The number of aromatic nitrogens is 3. The Balaban J connectivity index is 1.14. The van der Waals surface area contributed by atoms with Crippen molar-refractivity contribution in [3.8, 4) is 34.1 Å². The third kappa shape index (κ3) is 6.31. The first-order valence-corrected chi connectivity index (χ1v) is 14.8. The van der Waals surface area contributed by atoms with E-state index in [9.17, 15) is 10.4 Å². The fourth-order valence-corrected chi connectivity index (χ4v) is 5.59. The average molecular weight is 588 g/mol. The summed E-state index contributed by atoms with van der Waals surface area (Å²) in [5.74, 6) is 1.47. The number of nitriles is 1. The smallest absolute Gasteiger partial charge is 0.138 e. The van der Waals surface area contributed by atoms with Gasteiger partial charge < -0.3 is 25.8 Å². The number of rotatable bonds is 8. The van der Waals surface area contributed by atoms with Crippen LogP contribution in [-0.4, -0.2) is 50.5 Å². The van der Waals surface area contributed by atoms with Gasteiger partial charge in [-0.05, 0) is 87.2 Å². The summed E-state index contributed by atoms with van der Waals surface area (Å²) in [5, 5.41) is 27.9. The van der Waals surface area contributed by atoms with Crippen molar-refractivity contribution in [1.82, 2.24) is 14.6 Å². The Morgan fingerprint density at radius 1 is 1.00 bits per heavy atom. The number of piperidine rings is 1. The number of nitrogens with one attached hydrogen (secondary N) is 1. The number of pyridine rings is 2. The maximum absolute atomic E-state index is 10.1. The number of benzene rings is 2. The van der Waals surface area contributed by atoms with Gasteiger partial charge in [-0.25, -0.2) is 9.50 Å². The van der Waals surface area contributed by atoms with Gasteiger partial charge in [-0.3, -0.25) is 0 Å². The lowest BCUT2D eigenvalue weighted by Crippen LogP contribution is -2.47. The van der Waals surface area contributed by atoms with Crippen molar-refractivity contribution in [2.75, 3.05) is 35.6 Å². The molecule has 9 nitrogen and oxygen atoms in total. The van der Waals surface area contributed by atoms with E-state index in [0.717, 1.165) is 65.4 Å². The van der Waals surface area contributed by atoms with Crippen molar-refractivity contribution in [3.63, 3.8) is 0 Å². The van der Waals surface area contributed by atoms with Crippen LogP contribution in [0.3, 0.4) is 0 Å². The molecule has 0 unspecified atom stereocenters. The summed E-state index contributed by atoms with van der Waals surface area (Å²) in [5.41, 5.74) is 11.8. The predicted molar refractivity (Wildman–Crippen MR) is 175 cm³/mol. The molecule has 224 valence electrons. The van der Waals surface area contributed by atoms with Crippen LogP contribution in [-0.2, 0) is 0 Å². The normalized spacial score (nSPS) is 14.8. The molecule has 44 heavy (non-hydrogen) atoms. The minimum atomic E-state index is -0.983. The molecule has 5 aromatic rings. The predicted octanol–water partition coefficient (Wildman–Crippen LogP) is 6.14. The van der Waals surface area contributed by atoms with Crippen LogP contribution in [0.5, 0.6) is 5.75 Å². The Labute approximate surface area is 257 Å². The molecule has 1 aliphatic rings. The molecular weight excluding hydrogens is 550 g/mol. The lowest BCUT2D eigenvalue weighted by Gasteiger charge is -2.41. The molecule has 0 bridgehead atoms. The molecule has 0 aliphatic carbocycles. The van der Waals surface area contributed by atoms with E-state index in [1.807, 2.05) is 48.7 Å². The van der Waals surface area contributed by atoms with Crippen LogP contribution in [0, 0.1) is 11.3 Å². The van der Waals surface area contributed by atoms with E-state index in [1.54, 1.807) is 30.8 Å². The Kier molecular flexibility index (Phi) is 7.62. The number of hydrogen-bond donors (Lipinski definition) is 3. The van der Waals surface area contributed by atoms with Gasteiger partial charge in [0.05, 0.1) is 29.1 Å². The number of aliphatic hydroxyl groups is 1. The molecule has 0 radical (unpaired) electrons. The first-order valence-electron chi connectivity index (χ1n) is 14.8. The van der Waals surface area contributed by atoms with Gasteiger partial charge in [-0.2, -0.15) is 10.4 Å². The molecule has 6 rings (SSSR count). The van der Waals surface area contributed by atoms with Gasteiger partial charge >= 0.3 is 0 Å². The molecule has 0 spiro atoms. The highest BCUT2D eigenvalue weighted by atomic mass is 16.5. The second kappa shape index (κ2) is 11.5. The Morgan fingerprint density at radius 2 is 1.66 bits per heavy atom. The van der Waals surface area contributed by atoms with Crippen LogP contribution >= 0.6 is 0 Å². The average Bonchev–Trinajstić information content (AvgIpc) is 3.44. The maximum Gasteiger partial charge on any atom is 0.138 e. The SMILES string of the molecule is CC(C)(O)COc1cc(-c2ccc(N3CCC(C)(Nc4ccc(-c5ccc(N)cc5)cc4)CC3)nc2)c2c(C#N)cnn2c1. The molecule has 2 aromatic carbocycles. The van der Waals surface area contributed by atoms with E-state index in [-0.39, 0.29) is 12.1 Å². The molecule has 3 aromatic heterocycles. The third-order valence-corrected chi connectivity index (χ3v) is 8.12. The zero-order valence-corrected chi connectivity index (χ0v) is 25.3. The minimum Gasteiger partial charge on any atom is -0.489 e. The standard InChI is InChI=1S/C35H37N7O2/c1-34(2,43)23-44-30-18-31(33-27(19-36)21-39-42(33)22-30)26-8-13-32(38-20-26)41-16-14-35(3,15-17-41)40-29-11-6-25(7-12-29)24-4-9-28(37)10-5-24/h4-13,18,20-22,40,43H,14-17,23,37H2,1-3H3. The van der Waals surface area contributed by atoms with Gasteiger partial charge in [0.25, 0.3) is 0 Å². The number of ether oxygens (including phenoxy) is 1. The highest BCUT2D eigenvalue weighted by molar-refractivity contribution is 5.85. The Hall–Kier alpha value is -5.07. The fourth-order valence-electron chi connectivity index (χ4n) is 5.59. The van der Waals surface area contributed by atoms with E-state index in [4.69, 9.17) is 15.5 Å². The van der Waals surface area contributed by atoms with Gasteiger partial charge in [-0.1, -0.05) is 24.3 Å². The Bertz CT molecular complexity index is 1790. The van der Waals surface area contributed by atoms with Crippen LogP contribution in [0.2, 0.25) is 0 Å². The van der Waals surface area contributed by atoms with Crippen molar-refractivity contribution >= 4 is 22.7 Å². The monoisotopic (exact) mass is 587 g/mol. The van der Waals surface area contributed by atoms with Gasteiger partial charge in [0.1, 0.15) is 24.2 Å². The minimum absolute atomic E-state index is 0.0238. The molecule has 1 aliphatic heterocycles. The maximum atomic E-state index is 10.1. The lowest BCUT2D eigenvalue weighted by molar-refractivity contribution is 0.0283. The molecule has 0 atom stereocenters. The van der Waals surface area contributed by atoms with E-state index >= 15 is 0 Å². The second-order valence-electron chi connectivity index (χ2n) is 12.4. The highest BCUT2D eigenvalue weighted by Crippen LogP contribution is 2.33. The first kappa shape index (κ1) is 29.0. The lowest BCUT2D eigenvalue weighted by atomic mass is 9.89. The number of nitrogens with two attached hydrogens (primary N) is 1. The second-order valence-corrected chi connectivity index (χ2v) is 12.4. The topological polar surface area (TPSA) is 125 Å². The zero-order valence-electron chi connectivity index (χ0n) is 25.3. The molecule has 1 saturated heterocycles. The first-order chi connectivity index (χ1) is 21.1. The number of anilines is 3. The number of fused-ring (bicyclic) bond motifs is 1. The van der Waals surface area contributed by atoms with Crippen LogP contribution in [0.4, 0.5) is 17.2 Å². The fraction of sp³-hybridized carbons (Fsp3) is 0.286. The quantitative estimate of drug-likeness (QED) is 0.185. The summed E-state index contributed by atoms with van der Waals surface area (Å²) in [4.78, 5) is 7.14. The van der Waals surface area contributed by atoms with Gasteiger partial charge in [0.15, 0.2) is 0 Å². The zero-order chi connectivity index (χ0) is 30.9. The summed E-state index contributed by atoms with van der Waals surface area (Å²) in [6, 6.07) is 24.7. The van der Waals surface area contributed by atoms with Crippen molar-refractivity contribution in [1.29, 1.82) is 5.26 Å².